The molecule has 0 spiro atoms. The van der Waals surface area contributed by atoms with Crippen molar-refractivity contribution < 1.29 is 0 Å². The molecule has 0 saturated heterocycles. The summed E-state index contributed by atoms with van der Waals surface area (Å²) in [5.74, 6) is 1.03. The average molecular weight is 195 g/mol. The van der Waals surface area contributed by atoms with Crippen LogP contribution in [0.5, 0.6) is 0 Å². The Hall–Kier alpha value is -0.300. The van der Waals surface area contributed by atoms with Gasteiger partial charge in [0.15, 0.2) is 0 Å². The van der Waals surface area contributed by atoms with Crippen LogP contribution in [0.25, 0.3) is 0 Å². The third-order valence-electron chi connectivity index (χ3n) is 3.30. The first-order valence-electron chi connectivity index (χ1n) is 6.21. The minimum atomic E-state index is 0.769. The van der Waals surface area contributed by atoms with E-state index in [2.05, 4.69) is 18.8 Å². The summed E-state index contributed by atoms with van der Waals surface area (Å²) in [5, 5.41) is 3.61. The molecule has 1 N–H and O–H groups in total. The molecule has 0 aromatic carbocycles. The van der Waals surface area contributed by atoms with E-state index in [0.717, 1.165) is 18.5 Å². The molecule has 1 saturated carbocycles. The smallest absolute Gasteiger partial charge is 0.00696 e. The van der Waals surface area contributed by atoms with Crippen LogP contribution in [-0.4, -0.2) is 12.6 Å². The Balaban J connectivity index is 2.11. The second-order valence-corrected chi connectivity index (χ2v) is 4.51. The fourth-order valence-electron chi connectivity index (χ4n) is 2.23. The molecule has 0 radical (unpaired) electrons. The SMILES string of the molecule is C=CCCCC(CC1CCC1)NCC. The maximum atomic E-state index is 3.77. The minimum Gasteiger partial charge on any atom is -0.314 e. The molecule has 0 bridgehead atoms. The highest BCUT2D eigenvalue weighted by atomic mass is 14.9. The molecule has 0 heterocycles. The molecule has 1 aliphatic rings. The van der Waals surface area contributed by atoms with Crippen molar-refractivity contribution in [2.24, 2.45) is 5.92 Å². The van der Waals surface area contributed by atoms with Gasteiger partial charge in [-0.2, -0.15) is 0 Å². The van der Waals surface area contributed by atoms with E-state index >= 15 is 0 Å². The summed E-state index contributed by atoms with van der Waals surface area (Å²) in [6.07, 6.45) is 11.7. The first-order chi connectivity index (χ1) is 6.86. The quantitative estimate of drug-likeness (QED) is 0.461. The lowest BCUT2D eigenvalue weighted by Gasteiger charge is -2.30. The third-order valence-corrected chi connectivity index (χ3v) is 3.30. The Morgan fingerprint density at radius 1 is 1.50 bits per heavy atom. The van der Waals surface area contributed by atoms with Gasteiger partial charge < -0.3 is 5.32 Å². The molecule has 1 heteroatoms. The summed E-state index contributed by atoms with van der Waals surface area (Å²) in [6, 6.07) is 0.769. The standard InChI is InChI=1S/C13H25N/c1-3-5-6-10-13(14-4-2)11-12-8-7-9-12/h3,12-14H,1,4-11H2,2H3. The fraction of sp³-hybridized carbons (Fsp3) is 0.846. The summed E-state index contributed by atoms with van der Waals surface area (Å²) >= 11 is 0. The predicted octanol–water partition coefficient (Wildman–Crippen LogP) is 3.51. The lowest BCUT2D eigenvalue weighted by Crippen LogP contribution is -2.32. The number of allylic oxidation sites excluding steroid dienone is 1. The number of hydrogen-bond donors (Lipinski definition) is 1. The lowest BCUT2D eigenvalue weighted by atomic mass is 9.80. The Bertz CT molecular complexity index is 149. The van der Waals surface area contributed by atoms with Crippen molar-refractivity contribution >= 4 is 0 Å². The first kappa shape index (κ1) is 11.8. The third kappa shape index (κ3) is 4.28. The second kappa shape index (κ2) is 7.05. The fourth-order valence-corrected chi connectivity index (χ4v) is 2.23. The van der Waals surface area contributed by atoms with Crippen LogP contribution in [0.3, 0.4) is 0 Å². The highest BCUT2D eigenvalue weighted by molar-refractivity contribution is 4.78. The van der Waals surface area contributed by atoms with Crippen molar-refractivity contribution in [2.45, 2.75) is 57.9 Å². The number of hydrogen-bond acceptors (Lipinski definition) is 1. The Morgan fingerprint density at radius 2 is 2.29 bits per heavy atom. The average Bonchev–Trinajstić information content (AvgIpc) is 2.11. The number of unbranched alkanes of at least 4 members (excludes halogenated alkanes) is 1. The molecule has 0 amide bonds. The zero-order chi connectivity index (χ0) is 10.2. The van der Waals surface area contributed by atoms with Gasteiger partial charge in [0.25, 0.3) is 0 Å². The molecule has 1 fully saturated rings. The van der Waals surface area contributed by atoms with Gasteiger partial charge in [-0.3, -0.25) is 0 Å². The molecule has 1 aliphatic carbocycles. The minimum absolute atomic E-state index is 0.769. The Labute approximate surface area is 89.0 Å². The maximum Gasteiger partial charge on any atom is 0.00696 e. The van der Waals surface area contributed by atoms with Crippen molar-refractivity contribution in [3.8, 4) is 0 Å². The predicted molar refractivity (Wildman–Crippen MR) is 63.5 cm³/mol. The normalized spacial score (nSPS) is 18.9. The molecule has 1 rings (SSSR count). The summed E-state index contributed by atoms with van der Waals surface area (Å²) in [7, 11) is 0. The van der Waals surface area contributed by atoms with Crippen molar-refractivity contribution in [3.05, 3.63) is 12.7 Å². The van der Waals surface area contributed by atoms with Crippen molar-refractivity contribution in [1.82, 2.24) is 5.32 Å². The van der Waals surface area contributed by atoms with Crippen LogP contribution in [0.15, 0.2) is 12.7 Å². The molecule has 1 atom stereocenters. The van der Waals surface area contributed by atoms with Gasteiger partial charge in [0, 0.05) is 6.04 Å². The lowest BCUT2D eigenvalue weighted by molar-refractivity contribution is 0.254. The Kier molecular flexibility index (Phi) is 5.93. The van der Waals surface area contributed by atoms with Crippen LogP contribution < -0.4 is 5.32 Å². The van der Waals surface area contributed by atoms with Gasteiger partial charge in [0.2, 0.25) is 0 Å². The van der Waals surface area contributed by atoms with Crippen molar-refractivity contribution in [3.63, 3.8) is 0 Å². The highest BCUT2D eigenvalue weighted by Crippen LogP contribution is 2.31. The van der Waals surface area contributed by atoms with Gasteiger partial charge >= 0.3 is 0 Å². The van der Waals surface area contributed by atoms with E-state index in [9.17, 15) is 0 Å². The van der Waals surface area contributed by atoms with E-state index in [0.29, 0.717) is 0 Å². The van der Waals surface area contributed by atoms with Gasteiger partial charge in [0.05, 0.1) is 0 Å². The molecule has 0 aromatic rings. The molecule has 0 aliphatic heterocycles. The zero-order valence-electron chi connectivity index (χ0n) is 9.60. The summed E-state index contributed by atoms with van der Waals surface area (Å²) in [6.45, 7) is 7.10. The van der Waals surface area contributed by atoms with E-state index in [1.807, 2.05) is 6.08 Å². The van der Waals surface area contributed by atoms with Crippen molar-refractivity contribution in [1.29, 1.82) is 0 Å². The van der Waals surface area contributed by atoms with E-state index in [4.69, 9.17) is 0 Å². The molecule has 14 heavy (non-hydrogen) atoms. The Morgan fingerprint density at radius 3 is 2.79 bits per heavy atom. The van der Waals surface area contributed by atoms with Crippen LogP contribution in [0, 0.1) is 5.92 Å². The van der Waals surface area contributed by atoms with Crippen molar-refractivity contribution in [2.75, 3.05) is 6.54 Å². The summed E-state index contributed by atoms with van der Waals surface area (Å²) < 4.78 is 0. The van der Waals surface area contributed by atoms with Gasteiger partial charge in [0.1, 0.15) is 0 Å². The molecule has 82 valence electrons. The molecule has 0 aromatic heterocycles. The van der Waals surface area contributed by atoms with E-state index in [1.165, 1.54) is 44.9 Å². The topological polar surface area (TPSA) is 12.0 Å². The van der Waals surface area contributed by atoms with Crippen LogP contribution in [-0.2, 0) is 0 Å². The maximum absolute atomic E-state index is 3.77. The van der Waals surface area contributed by atoms with Crippen LogP contribution >= 0.6 is 0 Å². The van der Waals surface area contributed by atoms with Gasteiger partial charge in [-0.05, 0) is 38.1 Å². The van der Waals surface area contributed by atoms with Crippen LogP contribution in [0.4, 0.5) is 0 Å². The molecule has 1 unspecified atom stereocenters. The second-order valence-electron chi connectivity index (χ2n) is 4.51. The largest absolute Gasteiger partial charge is 0.314 e. The van der Waals surface area contributed by atoms with Gasteiger partial charge in [-0.15, -0.1) is 6.58 Å². The summed E-state index contributed by atoms with van der Waals surface area (Å²) in [4.78, 5) is 0. The highest BCUT2D eigenvalue weighted by Gasteiger charge is 2.21. The van der Waals surface area contributed by atoms with E-state index in [-0.39, 0.29) is 0 Å². The van der Waals surface area contributed by atoms with Gasteiger partial charge in [-0.1, -0.05) is 32.3 Å². The van der Waals surface area contributed by atoms with E-state index in [1.54, 1.807) is 0 Å². The monoisotopic (exact) mass is 195 g/mol. The first-order valence-corrected chi connectivity index (χ1v) is 6.21. The molecular weight excluding hydrogens is 170 g/mol. The zero-order valence-corrected chi connectivity index (χ0v) is 9.60. The molecule has 1 nitrogen and oxygen atoms in total. The summed E-state index contributed by atoms with van der Waals surface area (Å²) in [5.41, 5.74) is 0. The van der Waals surface area contributed by atoms with E-state index < -0.39 is 0 Å². The van der Waals surface area contributed by atoms with Crippen LogP contribution in [0.2, 0.25) is 0 Å². The number of rotatable bonds is 8. The molecular formula is C13H25N. The van der Waals surface area contributed by atoms with Crippen LogP contribution in [0.1, 0.15) is 51.9 Å². The van der Waals surface area contributed by atoms with Gasteiger partial charge in [-0.25, -0.2) is 0 Å². The number of nitrogens with one attached hydrogen (secondary N) is 1.